The minimum atomic E-state index is 0.717. The van der Waals surface area contributed by atoms with E-state index < -0.39 is 0 Å². The van der Waals surface area contributed by atoms with Crippen molar-refractivity contribution in [1.82, 2.24) is 5.32 Å². The first-order valence-electron chi connectivity index (χ1n) is 5.63. The van der Waals surface area contributed by atoms with E-state index in [-0.39, 0.29) is 0 Å². The highest BCUT2D eigenvalue weighted by Crippen LogP contribution is 2.25. The molecule has 1 heterocycles. The van der Waals surface area contributed by atoms with Crippen LogP contribution in [0.3, 0.4) is 0 Å². The average molecular weight is 197 g/mol. The summed E-state index contributed by atoms with van der Waals surface area (Å²) in [6.45, 7) is 2.30. The summed E-state index contributed by atoms with van der Waals surface area (Å²) in [5, 5.41) is 6.12. The number of rotatable bonds is 1. The Morgan fingerprint density at radius 3 is 2.67 bits per heavy atom. The number of fused-ring (bicyclic) bond motifs is 1. The predicted octanol–water partition coefficient (Wildman–Crippen LogP) is 2.92. The van der Waals surface area contributed by atoms with Gasteiger partial charge in [0.15, 0.2) is 0 Å². The van der Waals surface area contributed by atoms with Crippen LogP contribution in [0, 0.1) is 0 Å². The molecule has 15 heavy (non-hydrogen) atoms. The molecular formula is C14H15N. The molecule has 1 nitrogen and oxygen atoms in total. The summed E-state index contributed by atoms with van der Waals surface area (Å²) in [4.78, 5) is 0. The normalized spacial score (nSPS) is 20.9. The van der Waals surface area contributed by atoms with Crippen molar-refractivity contribution in [2.24, 2.45) is 0 Å². The molecule has 3 rings (SSSR count). The Bertz CT molecular complexity index is 469. The van der Waals surface area contributed by atoms with E-state index in [4.69, 9.17) is 0 Å². The molecule has 0 amide bonds. The van der Waals surface area contributed by atoms with Gasteiger partial charge in [-0.3, -0.25) is 0 Å². The van der Waals surface area contributed by atoms with Gasteiger partial charge in [-0.2, -0.15) is 0 Å². The highest BCUT2D eigenvalue weighted by atomic mass is 14.9. The highest BCUT2D eigenvalue weighted by molar-refractivity contribution is 5.83. The summed E-state index contributed by atoms with van der Waals surface area (Å²) >= 11 is 0. The van der Waals surface area contributed by atoms with Crippen molar-refractivity contribution < 1.29 is 0 Å². The summed E-state index contributed by atoms with van der Waals surface area (Å²) in [6.07, 6.45) is 1.28. The third kappa shape index (κ3) is 1.64. The van der Waals surface area contributed by atoms with Crippen LogP contribution in [0.15, 0.2) is 42.5 Å². The van der Waals surface area contributed by atoms with E-state index in [1.807, 2.05) is 0 Å². The highest BCUT2D eigenvalue weighted by Gasteiger charge is 2.16. The Balaban J connectivity index is 2.05. The molecule has 2 aromatic carbocycles. The van der Waals surface area contributed by atoms with E-state index in [9.17, 15) is 0 Å². The largest absolute Gasteiger partial charge is 0.316 e. The lowest BCUT2D eigenvalue weighted by Crippen LogP contribution is -2.07. The predicted molar refractivity (Wildman–Crippen MR) is 64.2 cm³/mol. The lowest BCUT2D eigenvalue weighted by atomic mass is 9.96. The van der Waals surface area contributed by atoms with Gasteiger partial charge in [-0.1, -0.05) is 42.5 Å². The molecule has 0 unspecified atom stereocenters. The van der Waals surface area contributed by atoms with E-state index in [2.05, 4.69) is 47.8 Å². The van der Waals surface area contributed by atoms with Crippen LogP contribution in [0.2, 0.25) is 0 Å². The fraction of sp³-hybridized carbons (Fsp3) is 0.286. The number of hydrogen-bond acceptors (Lipinski definition) is 1. The molecule has 0 spiro atoms. The molecule has 0 saturated carbocycles. The fourth-order valence-electron chi connectivity index (χ4n) is 2.40. The van der Waals surface area contributed by atoms with E-state index in [0.29, 0.717) is 0 Å². The second-order valence-electron chi connectivity index (χ2n) is 4.30. The first-order chi connectivity index (χ1) is 7.43. The molecule has 1 heteroatoms. The topological polar surface area (TPSA) is 12.0 Å². The zero-order valence-electron chi connectivity index (χ0n) is 8.74. The smallest absolute Gasteiger partial charge is 0.00206 e. The van der Waals surface area contributed by atoms with Gasteiger partial charge in [-0.25, -0.2) is 0 Å². The zero-order chi connectivity index (χ0) is 10.1. The number of benzene rings is 2. The summed E-state index contributed by atoms with van der Waals surface area (Å²) in [7, 11) is 0. The van der Waals surface area contributed by atoms with Crippen molar-refractivity contribution in [3.8, 4) is 0 Å². The lowest BCUT2D eigenvalue weighted by molar-refractivity contribution is 0.765. The summed E-state index contributed by atoms with van der Waals surface area (Å²) in [6, 6.07) is 15.4. The summed E-state index contributed by atoms with van der Waals surface area (Å²) < 4.78 is 0. The molecule has 1 aliphatic rings. The van der Waals surface area contributed by atoms with Crippen molar-refractivity contribution in [3.63, 3.8) is 0 Å². The van der Waals surface area contributed by atoms with E-state index in [0.717, 1.165) is 19.0 Å². The minimum absolute atomic E-state index is 0.717. The van der Waals surface area contributed by atoms with Gasteiger partial charge in [0.1, 0.15) is 0 Å². The Labute approximate surface area is 90.1 Å². The average Bonchev–Trinajstić information content (AvgIpc) is 2.82. The summed E-state index contributed by atoms with van der Waals surface area (Å²) in [5.41, 5.74) is 1.48. The van der Waals surface area contributed by atoms with Crippen LogP contribution < -0.4 is 5.32 Å². The lowest BCUT2D eigenvalue weighted by Gasteiger charge is -2.09. The van der Waals surface area contributed by atoms with Crippen molar-refractivity contribution >= 4 is 10.8 Å². The van der Waals surface area contributed by atoms with E-state index in [1.54, 1.807) is 0 Å². The van der Waals surface area contributed by atoms with Gasteiger partial charge < -0.3 is 5.32 Å². The van der Waals surface area contributed by atoms with Crippen molar-refractivity contribution in [1.29, 1.82) is 0 Å². The quantitative estimate of drug-likeness (QED) is 0.741. The molecule has 0 radical (unpaired) electrons. The molecule has 76 valence electrons. The maximum absolute atomic E-state index is 3.42. The Hall–Kier alpha value is -1.34. The standard InChI is InChI=1S/C14H15N/c1-2-4-12-9-13(6-5-11(12)3-1)14-7-8-15-10-14/h1-6,9,14-15H,7-8,10H2/t14-/m0/s1. The van der Waals surface area contributed by atoms with Gasteiger partial charge in [0.2, 0.25) is 0 Å². The van der Waals surface area contributed by atoms with Crippen molar-refractivity contribution in [3.05, 3.63) is 48.0 Å². The van der Waals surface area contributed by atoms with Crippen molar-refractivity contribution in [2.75, 3.05) is 13.1 Å². The molecule has 1 N–H and O–H groups in total. The van der Waals surface area contributed by atoms with Crippen LogP contribution in [-0.2, 0) is 0 Å². The number of hydrogen-bond donors (Lipinski definition) is 1. The first-order valence-corrected chi connectivity index (χ1v) is 5.63. The van der Waals surface area contributed by atoms with Gasteiger partial charge in [-0.15, -0.1) is 0 Å². The van der Waals surface area contributed by atoms with Gasteiger partial charge in [0.25, 0.3) is 0 Å². The molecule has 1 aliphatic heterocycles. The molecular weight excluding hydrogens is 182 g/mol. The maximum atomic E-state index is 3.42. The van der Waals surface area contributed by atoms with Gasteiger partial charge in [-0.05, 0) is 35.2 Å². The van der Waals surface area contributed by atoms with Gasteiger partial charge in [0.05, 0.1) is 0 Å². The van der Waals surface area contributed by atoms with Crippen LogP contribution in [0.1, 0.15) is 17.9 Å². The van der Waals surface area contributed by atoms with E-state index >= 15 is 0 Å². The Morgan fingerprint density at radius 2 is 1.87 bits per heavy atom. The molecule has 2 aromatic rings. The van der Waals surface area contributed by atoms with Gasteiger partial charge in [0, 0.05) is 6.54 Å². The Kier molecular flexibility index (Phi) is 2.18. The third-order valence-electron chi connectivity index (χ3n) is 3.31. The molecule has 1 fully saturated rings. The molecule has 1 atom stereocenters. The van der Waals surface area contributed by atoms with Crippen LogP contribution in [0.25, 0.3) is 10.8 Å². The second-order valence-corrected chi connectivity index (χ2v) is 4.30. The molecule has 0 aromatic heterocycles. The molecule has 0 aliphatic carbocycles. The Morgan fingerprint density at radius 1 is 1.00 bits per heavy atom. The SMILES string of the molecule is c1ccc2cc([C@H]3CCNC3)ccc2c1. The van der Waals surface area contributed by atoms with Crippen molar-refractivity contribution in [2.45, 2.75) is 12.3 Å². The molecule has 1 saturated heterocycles. The fourth-order valence-corrected chi connectivity index (χ4v) is 2.40. The van der Waals surface area contributed by atoms with Gasteiger partial charge >= 0.3 is 0 Å². The number of nitrogens with one attached hydrogen (secondary N) is 1. The van der Waals surface area contributed by atoms with Crippen LogP contribution in [0.5, 0.6) is 0 Å². The summed E-state index contributed by atoms with van der Waals surface area (Å²) in [5.74, 6) is 0.717. The maximum Gasteiger partial charge on any atom is 0.00206 e. The first kappa shape index (κ1) is 8.93. The second kappa shape index (κ2) is 3.67. The van der Waals surface area contributed by atoms with E-state index in [1.165, 1.54) is 22.8 Å². The van der Waals surface area contributed by atoms with Crippen LogP contribution >= 0.6 is 0 Å². The van der Waals surface area contributed by atoms with Crippen LogP contribution in [-0.4, -0.2) is 13.1 Å². The molecule has 0 bridgehead atoms. The monoisotopic (exact) mass is 197 g/mol. The zero-order valence-corrected chi connectivity index (χ0v) is 8.74. The minimum Gasteiger partial charge on any atom is -0.316 e. The third-order valence-corrected chi connectivity index (χ3v) is 3.31. The van der Waals surface area contributed by atoms with Crippen LogP contribution in [0.4, 0.5) is 0 Å².